The molecular formula is C21H31N3O2. The number of fused-ring (bicyclic) bond motifs is 1. The van der Waals surface area contributed by atoms with Gasteiger partial charge in [-0.25, -0.2) is 0 Å². The number of benzene rings is 1. The summed E-state index contributed by atoms with van der Waals surface area (Å²) in [5.74, 6) is 0.0824. The van der Waals surface area contributed by atoms with Gasteiger partial charge in [0.25, 0.3) is 0 Å². The summed E-state index contributed by atoms with van der Waals surface area (Å²) in [5.41, 5.74) is 2.38. The highest BCUT2D eigenvalue weighted by atomic mass is 16.2. The van der Waals surface area contributed by atoms with Gasteiger partial charge in [0.1, 0.15) is 0 Å². The molecule has 1 aromatic carbocycles. The molecule has 0 aliphatic carbocycles. The average molecular weight is 357 g/mol. The van der Waals surface area contributed by atoms with Crippen molar-refractivity contribution in [3.05, 3.63) is 35.4 Å². The summed E-state index contributed by atoms with van der Waals surface area (Å²) in [4.78, 5) is 28.8. The van der Waals surface area contributed by atoms with Gasteiger partial charge in [0.15, 0.2) is 0 Å². The van der Waals surface area contributed by atoms with Crippen LogP contribution >= 0.6 is 0 Å². The van der Waals surface area contributed by atoms with Crippen molar-refractivity contribution in [1.82, 2.24) is 15.1 Å². The van der Waals surface area contributed by atoms with Gasteiger partial charge in [-0.1, -0.05) is 30.7 Å². The number of likely N-dealkylation sites (tertiary alicyclic amines) is 1. The summed E-state index contributed by atoms with van der Waals surface area (Å²) in [5, 5.41) is 3.06. The SMILES string of the molecule is CC(=O)N1CCc2ccccc2C1CC(=O)NCCCN1CCCCC1. The average Bonchev–Trinajstić information content (AvgIpc) is 2.66. The molecular weight excluding hydrogens is 326 g/mol. The van der Waals surface area contributed by atoms with Crippen LogP contribution in [0.25, 0.3) is 0 Å². The molecule has 1 saturated heterocycles. The van der Waals surface area contributed by atoms with Crippen LogP contribution in [0.2, 0.25) is 0 Å². The predicted octanol–water partition coefficient (Wildman–Crippen LogP) is 2.51. The molecule has 1 unspecified atom stereocenters. The summed E-state index contributed by atoms with van der Waals surface area (Å²) in [6.07, 6.45) is 6.15. The lowest BCUT2D eigenvalue weighted by atomic mass is 9.90. The number of carbonyl (C=O) groups excluding carboxylic acids is 2. The molecule has 1 N–H and O–H groups in total. The standard InChI is InChI=1S/C21H31N3O2/c1-17(25)24-15-10-18-8-3-4-9-19(18)20(24)16-21(26)22-11-7-14-23-12-5-2-6-13-23/h3-4,8-9,20H,2,5-7,10-16H2,1H3,(H,22,26). The number of hydrogen-bond donors (Lipinski definition) is 1. The van der Waals surface area contributed by atoms with Crippen LogP contribution in [-0.4, -0.2) is 54.3 Å². The van der Waals surface area contributed by atoms with E-state index in [0.29, 0.717) is 19.5 Å². The zero-order valence-electron chi connectivity index (χ0n) is 15.9. The van der Waals surface area contributed by atoms with Crippen molar-refractivity contribution in [3.63, 3.8) is 0 Å². The zero-order chi connectivity index (χ0) is 18.4. The molecule has 0 bridgehead atoms. The van der Waals surface area contributed by atoms with Gasteiger partial charge >= 0.3 is 0 Å². The molecule has 1 aromatic rings. The molecule has 0 radical (unpaired) electrons. The van der Waals surface area contributed by atoms with E-state index in [1.54, 1.807) is 6.92 Å². The Morgan fingerprint density at radius 2 is 1.88 bits per heavy atom. The molecule has 2 aliphatic rings. The van der Waals surface area contributed by atoms with Crippen molar-refractivity contribution in [2.24, 2.45) is 0 Å². The van der Waals surface area contributed by atoms with Gasteiger partial charge in [0, 0.05) is 20.0 Å². The van der Waals surface area contributed by atoms with E-state index in [2.05, 4.69) is 22.3 Å². The fourth-order valence-corrected chi connectivity index (χ4v) is 4.21. The third kappa shape index (κ3) is 4.85. The van der Waals surface area contributed by atoms with Crippen molar-refractivity contribution < 1.29 is 9.59 Å². The van der Waals surface area contributed by atoms with E-state index in [1.165, 1.54) is 37.9 Å². The highest BCUT2D eigenvalue weighted by molar-refractivity contribution is 5.79. The monoisotopic (exact) mass is 357 g/mol. The van der Waals surface area contributed by atoms with Gasteiger partial charge in [-0.2, -0.15) is 0 Å². The molecule has 26 heavy (non-hydrogen) atoms. The predicted molar refractivity (Wildman–Crippen MR) is 103 cm³/mol. The second-order valence-corrected chi connectivity index (χ2v) is 7.49. The number of amides is 2. The Hall–Kier alpha value is -1.88. The van der Waals surface area contributed by atoms with Gasteiger partial charge in [0.2, 0.25) is 11.8 Å². The van der Waals surface area contributed by atoms with E-state index < -0.39 is 0 Å². The summed E-state index contributed by atoms with van der Waals surface area (Å²) in [6.45, 7) is 6.45. The Morgan fingerprint density at radius 1 is 1.12 bits per heavy atom. The maximum atomic E-state index is 12.5. The number of carbonyl (C=O) groups is 2. The Kier molecular flexibility index (Phi) is 6.67. The van der Waals surface area contributed by atoms with E-state index in [0.717, 1.165) is 24.9 Å². The smallest absolute Gasteiger partial charge is 0.222 e. The number of piperidine rings is 1. The molecule has 142 valence electrons. The van der Waals surface area contributed by atoms with Crippen molar-refractivity contribution in [1.29, 1.82) is 0 Å². The third-order valence-electron chi connectivity index (χ3n) is 5.62. The van der Waals surface area contributed by atoms with Gasteiger partial charge in [-0.15, -0.1) is 0 Å². The topological polar surface area (TPSA) is 52.7 Å². The largest absolute Gasteiger partial charge is 0.356 e. The fourth-order valence-electron chi connectivity index (χ4n) is 4.21. The van der Waals surface area contributed by atoms with Crippen molar-refractivity contribution in [2.45, 2.75) is 51.5 Å². The van der Waals surface area contributed by atoms with Crippen LogP contribution in [0.3, 0.4) is 0 Å². The molecule has 5 nitrogen and oxygen atoms in total. The van der Waals surface area contributed by atoms with Gasteiger partial charge < -0.3 is 15.1 Å². The molecule has 2 aliphatic heterocycles. The van der Waals surface area contributed by atoms with E-state index in [1.807, 2.05) is 17.0 Å². The van der Waals surface area contributed by atoms with E-state index in [9.17, 15) is 9.59 Å². The van der Waals surface area contributed by atoms with Gasteiger partial charge in [-0.05, 0) is 56.4 Å². The Labute approximate surface area is 156 Å². The fraction of sp³-hybridized carbons (Fsp3) is 0.619. The molecule has 5 heteroatoms. The first-order valence-electron chi connectivity index (χ1n) is 9.99. The van der Waals surface area contributed by atoms with Crippen LogP contribution in [0.4, 0.5) is 0 Å². The van der Waals surface area contributed by atoms with Crippen LogP contribution in [0.15, 0.2) is 24.3 Å². The lowest BCUT2D eigenvalue weighted by molar-refractivity contribution is -0.133. The molecule has 2 amide bonds. The van der Waals surface area contributed by atoms with Crippen LogP contribution in [0.5, 0.6) is 0 Å². The first-order chi connectivity index (χ1) is 12.6. The Balaban J connectivity index is 1.50. The minimum Gasteiger partial charge on any atom is -0.356 e. The second-order valence-electron chi connectivity index (χ2n) is 7.49. The minimum atomic E-state index is -0.139. The Bertz CT molecular complexity index is 625. The molecule has 2 heterocycles. The number of hydrogen-bond acceptors (Lipinski definition) is 3. The molecule has 3 rings (SSSR count). The van der Waals surface area contributed by atoms with Crippen molar-refractivity contribution in [2.75, 3.05) is 32.7 Å². The van der Waals surface area contributed by atoms with E-state index in [-0.39, 0.29) is 17.9 Å². The molecule has 1 fully saturated rings. The lowest BCUT2D eigenvalue weighted by Gasteiger charge is -2.36. The Morgan fingerprint density at radius 3 is 2.65 bits per heavy atom. The molecule has 0 saturated carbocycles. The quantitative estimate of drug-likeness (QED) is 0.796. The number of nitrogens with one attached hydrogen (secondary N) is 1. The zero-order valence-corrected chi connectivity index (χ0v) is 15.9. The van der Waals surface area contributed by atoms with Crippen LogP contribution in [0.1, 0.15) is 56.2 Å². The summed E-state index contributed by atoms with van der Waals surface area (Å²) < 4.78 is 0. The normalized spacial score (nSPS) is 20.5. The molecule has 1 atom stereocenters. The molecule has 0 aromatic heterocycles. The number of nitrogens with zero attached hydrogens (tertiary/aromatic N) is 2. The lowest BCUT2D eigenvalue weighted by Crippen LogP contribution is -2.41. The van der Waals surface area contributed by atoms with Crippen molar-refractivity contribution in [3.8, 4) is 0 Å². The molecule has 0 spiro atoms. The third-order valence-corrected chi connectivity index (χ3v) is 5.62. The summed E-state index contributed by atoms with van der Waals surface area (Å²) in [6, 6.07) is 8.04. The number of rotatable bonds is 6. The maximum Gasteiger partial charge on any atom is 0.222 e. The summed E-state index contributed by atoms with van der Waals surface area (Å²) in [7, 11) is 0. The van der Waals surface area contributed by atoms with Crippen LogP contribution in [-0.2, 0) is 16.0 Å². The minimum absolute atomic E-state index is 0.0385. The highest BCUT2D eigenvalue weighted by Crippen LogP contribution is 2.32. The summed E-state index contributed by atoms with van der Waals surface area (Å²) >= 11 is 0. The highest BCUT2D eigenvalue weighted by Gasteiger charge is 2.30. The van der Waals surface area contributed by atoms with Gasteiger partial charge in [0.05, 0.1) is 12.5 Å². The first kappa shape index (κ1) is 18.9. The van der Waals surface area contributed by atoms with Crippen LogP contribution < -0.4 is 5.32 Å². The van der Waals surface area contributed by atoms with Crippen molar-refractivity contribution >= 4 is 11.8 Å². The first-order valence-corrected chi connectivity index (χ1v) is 9.99. The van der Waals surface area contributed by atoms with Gasteiger partial charge in [-0.3, -0.25) is 9.59 Å². The van der Waals surface area contributed by atoms with Crippen LogP contribution in [0, 0.1) is 0 Å². The van der Waals surface area contributed by atoms with E-state index >= 15 is 0 Å². The second kappa shape index (κ2) is 9.17. The maximum absolute atomic E-state index is 12.5. The van der Waals surface area contributed by atoms with E-state index in [4.69, 9.17) is 0 Å².